The molecule has 20 heavy (non-hydrogen) atoms. The molecule has 1 aromatic rings. The molecule has 0 amide bonds. The summed E-state index contributed by atoms with van der Waals surface area (Å²) in [6, 6.07) is 7.36. The largest absolute Gasteiger partial charge is 0.494 e. The molecule has 0 atom stereocenters. The third-order valence-corrected chi connectivity index (χ3v) is 3.81. The Morgan fingerprint density at radius 2 is 1.80 bits per heavy atom. The van der Waals surface area contributed by atoms with Gasteiger partial charge in [-0.1, -0.05) is 18.0 Å². The molecule has 0 spiro atoms. The zero-order valence-corrected chi connectivity index (χ0v) is 12.4. The number of rotatable bonds is 8. The van der Waals surface area contributed by atoms with Gasteiger partial charge >= 0.3 is 5.97 Å². The molecule has 1 saturated carbocycles. The maximum absolute atomic E-state index is 11.5. The summed E-state index contributed by atoms with van der Waals surface area (Å²) in [5.41, 5.74) is 0. The highest BCUT2D eigenvalue weighted by atomic mass is 35.5. The maximum Gasteiger partial charge on any atom is 0.308 e. The summed E-state index contributed by atoms with van der Waals surface area (Å²) in [6.07, 6.45) is 6.06. The van der Waals surface area contributed by atoms with Gasteiger partial charge in [0.2, 0.25) is 0 Å². The molecule has 4 heteroatoms. The Morgan fingerprint density at radius 3 is 2.45 bits per heavy atom. The van der Waals surface area contributed by atoms with Crippen LogP contribution in [0.1, 0.15) is 38.5 Å². The highest BCUT2D eigenvalue weighted by Crippen LogP contribution is 2.27. The van der Waals surface area contributed by atoms with Crippen molar-refractivity contribution in [1.29, 1.82) is 0 Å². The molecule has 0 radical (unpaired) electrons. The molecule has 0 bridgehead atoms. The number of benzene rings is 1. The molecule has 110 valence electrons. The minimum Gasteiger partial charge on any atom is -0.494 e. The van der Waals surface area contributed by atoms with Gasteiger partial charge in [-0.15, -0.1) is 0 Å². The molecule has 0 aromatic heterocycles. The average molecular weight is 297 g/mol. The van der Waals surface area contributed by atoms with Gasteiger partial charge in [-0.3, -0.25) is 4.79 Å². The van der Waals surface area contributed by atoms with E-state index >= 15 is 0 Å². The lowest BCUT2D eigenvalue weighted by atomic mass is 9.86. The van der Waals surface area contributed by atoms with Gasteiger partial charge in [-0.05, 0) is 56.4 Å². The molecule has 0 unspecified atom stereocenters. The first kappa shape index (κ1) is 15.2. The maximum atomic E-state index is 11.5. The fourth-order valence-corrected chi connectivity index (χ4v) is 2.16. The van der Waals surface area contributed by atoms with Crippen LogP contribution in [0.25, 0.3) is 0 Å². The lowest BCUT2D eigenvalue weighted by Crippen LogP contribution is -2.24. The topological polar surface area (TPSA) is 35.5 Å². The SMILES string of the molecule is O=C(OCCCCCOc1ccc(Cl)cc1)C1CCC1. The Labute approximate surface area is 125 Å². The molecule has 1 aliphatic carbocycles. The molecule has 1 fully saturated rings. The van der Waals surface area contributed by atoms with Gasteiger partial charge < -0.3 is 9.47 Å². The van der Waals surface area contributed by atoms with Crippen molar-refractivity contribution in [2.75, 3.05) is 13.2 Å². The normalized spacial score (nSPS) is 14.7. The number of unbranched alkanes of at least 4 members (excludes halogenated alkanes) is 2. The predicted molar refractivity (Wildman–Crippen MR) is 79.1 cm³/mol. The summed E-state index contributed by atoms with van der Waals surface area (Å²) in [5, 5.41) is 0.714. The molecule has 1 aromatic carbocycles. The third kappa shape index (κ3) is 5.04. The van der Waals surface area contributed by atoms with Crippen LogP contribution < -0.4 is 4.74 Å². The molecule has 0 N–H and O–H groups in total. The number of carbonyl (C=O) groups is 1. The van der Waals surface area contributed by atoms with Crippen molar-refractivity contribution in [3.8, 4) is 5.75 Å². The van der Waals surface area contributed by atoms with E-state index in [1.165, 1.54) is 6.42 Å². The van der Waals surface area contributed by atoms with E-state index in [0.717, 1.165) is 37.9 Å². The number of ether oxygens (including phenoxy) is 2. The Morgan fingerprint density at radius 1 is 1.10 bits per heavy atom. The molecule has 0 saturated heterocycles. The van der Waals surface area contributed by atoms with Crippen molar-refractivity contribution in [2.24, 2.45) is 5.92 Å². The lowest BCUT2D eigenvalue weighted by molar-refractivity contribution is -0.151. The van der Waals surface area contributed by atoms with Crippen LogP contribution in [0.4, 0.5) is 0 Å². The number of hydrogen-bond acceptors (Lipinski definition) is 3. The predicted octanol–water partition coefficient (Wildman–Crippen LogP) is 4.23. The van der Waals surface area contributed by atoms with Crippen LogP contribution in [-0.4, -0.2) is 19.2 Å². The van der Waals surface area contributed by atoms with Crippen molar-refractivity contribution in [1.82, 2.24) is 0 Å². The van der Waals surface area contributed by atoms with E-state index in [1.807, 2.05) is 24.3 Å². The summed E-state index contributed by atoms with van der Waals surface area (Å²) in [5.74, 6) is 1.02. The first-order valence-electron chi connectivity index (χ1n) is 7.31. The fourth-order valence-electron chi connectivity index (χ4n) is 2.04. The summed E-state index contributed by atoms with van der Waals surface area (Å²) in [6.45, 7) is 1.22. The lowest BCUT2D eigenvalue weighted by Gasteiger charge is -2.22. The Balaban J connectivity index is 1.45. The van der Waals surface area contributed by atoms with E-state index in [0.29, 0.717) is 18.2 Å². The molecule has 1 aliphatic rings. The minimum atomic E-state index is -0.00587. The molecule has 2 rings (SSSR count). The number of hydrogen-bond donors (Lipinski definition) is 0. The van der Waals surface area contributed by atoms with Gasteiger partial charge in [0.25, 0.3) is 0 Å². The van der Waals surface area contributed by atoms with Crippen molar-refractivity contribution in [3.63, 3.8) is 0 Å². The zero-order valence-electron chi connectivity index (χ0n) is 11.6. The quantitative estimate of drug-likeness (QED) is 0.532. The van der Waals surface area contributed by atoms with Crippen LogP contribution in [0, 0.1) is 5.92 Å². The molecule has 0 heterocycles. The average Bonchev–Trinajstić information content (AvgIpc) is 2.38. The van der Waals surface area contributed by atoms with Crippen molar-refractivity contribution in [2.45, 2.75) is 38.5 Å². The second-order valence-corrected chi connectivity index (χ2v) is 5.59. The monoisotopic (exact) mass is 296 g/mol. The third-order valence-electron chi connectivity index (χ3n) is 3.55. The van der Waals surface area contributed by atoms with E-state index in [2.05, 4.69) is 0 Å². The molecule has 3 nitrogen and oxygen atoms in total. The van der Waals surface area contributed by atoms with Crippen LogP contribution in [0.2, 0.25) is 5.02 Å². The molecular weight excluding hydrogens is 276 g/mol. The number of carbonyl (C=O) groups excluding carboxylic acids is 1. The smallest absolute Gasteiger partial charge is 0.308 e. The first-order valence-corrected chi connectivity index (χ1v) is 7.68. The van der Waals surface area contributed by atoms with Crippen LogP contribution in [-0.2, 0) is 9.53 Å². The van der Waals surface area contributed by atoms with Crippen LogP contribution in [0.15, 0.2) is 24.3 Å². The van der Waals surface area contributed by atoms with Gasteiger partial charge in [-0.25, -0.2) is 0 Å². The van der Waals surface area contributed by atoms with E-state index in [4.69, 9.17) is 21.1 Å². The highest BCUT2D eigenvalue weighted by Gasteiger charge is 2.26. The molecule has 0 aliphatic heterocycles. The summed E-state index contributed by atoms with van der Waals surface area (Å²) < 4.78 is 10.8. The zero-order chi connectivity index (χ0) is 14.2. The van der Waals surface area contributed by atoms with Crippen molar-refractivity contribution in [3.05, 3.63) is 29.3 Å². The fraction of sp³-hybridized carbons (Fsp3) is 0.562. The second-order valence-electron chi connectivity index (χ2n) is 5.16. The first-order chi connectivity index (χ1) is 9.75. The van der Waals surface area contributed by atoms with Gasteiger partial charge in [0.15, 0.2) is 0 Å². The summed E-state index contributed by atoms with van der Waals surface area (Å²) >= 11 is 5.80. The van der Waals surface area contributed by atoms with Crippen molar-refractivity contribution >= 4 is 17.6 Å². The van der Waals surface area contributed by atoms with E-state index < -0.39 is 0 Å². The summed E-state index contributed by atoms with van der Waals surface area (Å²) in [4.78, 5) is 11.5. The Kier molecular flexibility index (Phi) is 6.19. The van der Waals surface area contributed by atoms with Gasteiger partial charge in [-0.2, -0.15) is 0 Å². The van der Waals surface area contributed by atoms with E-state index in [1.54, 1.807) is 0 Å². The van der Waals surface area contributed by atoms with Gasteiger partial charge in [0, 0.05) is 5.02 Å². The van der Waals surface area contributed by atoms with Gasteiger partial charge in [0.05, 0.1) is 19.1 Å². The van der Waals surface area contributed by atoms with E-state index in [-0.39, 0.29) is 11.9 Å². The van der Waals surface area contributed by atoms with Gasteiger partial charge in [0.1, 0.15) is 5.75 Å². The number of halogens is 1. The Bertz CT molecular complexity index is 412. The number of esters is 1. The second kappa shape index (κ2) is 8.15. The molecular formula is C16H21ClO3. The van der Waals surface area contributed by atoms with Crippen LogP contribution in [0.3, 0.4) is 0 Å². The van der Waals surface area contributed by atoms with Crippen LogP contribution >= 0.6 is 11.6 Å². The Hall–Kier alpha value is -1.22. The standard InChI is InChI=1S/C16H21ClO3/c17-14-7-9-15(10-8-14)19-11-2-1-3-12-20-16(18)13-5-4-6-13/h7-10,13H,1-6,11-12H2. The summed E-state index contributed by atoms with van der Waals surface area (Å²) in [7, 11) is 0. The van der Waals surface area contributed by atoms with Crippen LogP contribution in [0.5, 0.6) is 5.75 Å². The highest BCUT2D eigenvalue weighted by molar-refractivity contribution is 6.30. The van der Waals surface area contributed by atoms with Crippen molar-refractivity contribution < 1.29 is 14.3 Å². The van der Waals surface area contributed by atoms with E-state index in [9.17, 15) is 4.79 Å². The minimum absolute atomic E-state index is 0.00587.